The summed E-state index contributed by atoms with van der Waals surface area (Å²) < 4.78 is 18.6. The van der Waals surface area contributed by atoms with Gasteiger partial charge in [-0.15, -0.1) is 0 Å². The van der Waals surface area contributed by atoms with Crippen LogP contribution in [0.1, 0.15) is 15.9 Å². The molecular weight excluding hydrogens is 259 g/mol. The maximum Gasteiger partial charge on any atom is 0.251 e. The van der Waals surface area contributed by atoms with Gasteiger partial charge in [0.15, 0.2) is 0 Å². The molecule has 2 aromatic carbocycles. The van der Waals surface area contributed by atoms with Gasteiger partial charge in [0.25, 0.3) is 5.91 Å². The third-order valence-electron chi connectivity index (χ3n) is 2.79. The number of nitrogens with one attached hydrogen (secondary N) is 1. The lowest BCUT2D eigenvalue weighted by molar-refractivity contribution is 0.0962. The molecule has 20 heavy (non-hydrogen) atoms. The molecule has 2 rings (SSSR count). The maximum absolute atomic E-state index is 13.1. The van der Waals surface area contributed by atoms with Crippen LogP contribution in [0.3, 0.4) is 0 Å². The molecule has 5 heteroatoms. The highest BCUT2D eigenvalue weighted by molar-refractivity contribution is 5.95. The van der Waals surface area contributed by atoms with Gasteiger partial charge >= 0.3 is 0 Å². The molecule has 1 amide bonds. The molecule has 0 radical (unpaired) electrons. The molecule has 0 unspecified atom stereocenters. The monoisotopic (exact) mass is 274 g/mol. The van der Waals surface area contributed by atoms with Crippen LogP contribution in [-0.4, -0.2) is 13.0 Å². The van der Waals surface area contributed by atoms with Gasteiger partial charge < -0.3 is 15.8 Å². The largest absolute Gasteiger partial charge is 0.487 e. The lowest BCUT2D eigenvalue weighted by Crippen LogP contribution is -2.17. The fourth-order valence-corrected chi connectivity index (χ4v) is 1.73. The second-order valence-electron chi connectivity index (χ2n) is 4.25. The van der Waals surface area contributed by atoms with E-state index in [0.29, 0.717) is 22.6 Å². The molecule has 0 aromatic heterocycles. The number of carbonyl (C=O) groups is 1. The molecular formula is C15H15FN2O2. The predicted octanol–water partition coefficient (Wildman–Crippen LogP) is 2.35. The maximum atomic E-state index is 13.1. The van der Waals surface area contributed by atoms with E-state index in [2.05, 4.69) is 5.32 Å². The quantitative estimate of drug-likeness (QED) is 0.841. The van der Waals surface area contributed by atoms with Gasteiger partial charge in [-0.05, 0) is 35.9 Å². The summed E-state index contributed by atoms with van der Waals surface area (Å²) in [5.74, 6) is -0.144. The zero-order chi connectivity index (χ0) is 14.5. The van der Waals surface area contributed by atoms with Crippen molar-refractivity contribution in [3.8, 4) is 5.75 Å². The molecule has 2 aromatic rings. The molecule has 0 aliphatic rings. The highest BCUT2D eigenvalue weighted by Crippen LogP contribution is 2.24. The standard InChI is InChI=1S/C15H15FN2O2/c1-18-15(19)11-5-6-13(17)14(8-11)20-9-10-3-2-4-12(16)7-10/h2-8H,9,17H2,1H3,(H,18,19). The SMILES string of the molecule is CNC(=O)c1ccc(N)c(OCc2cccc(F)c2)c1. The van der Waals surface area contributed by atoms with Crippen LogP contribution < -0.4 is 15.8 Å². The van der Waals surface area contributed by atoms with Gasteiger partial charge in [0.05, 0.1) is 5.69 Å². The Morgan fingerprint density at radius 1 is 1.30 bits per heavy atom. The number of amides is 1. The Hall–Kier alpha value is -2.56. The van der Waals surface area contributed by atoms with Crippen LogP contribution in [0, 0.1) is 5.82 Å². The number of hydrogen-bond donors (Lipinski definition) is 2. The normalized spacial score (nSPS) is 10.1. The number of anilines is 1. The Labute approximate surface area is 116 Å². The van der Waals surface area contributed by atoms with E-state index in [1.54, 1.807) is 37.4 Å². The zero-order valence-corrected chi connectivity index (χ0v) is 11.0. The summed E-state index contributed by atoms with van der Waals surface area (Å²) in [6, 6.07) is 10.9. The van der Waals surface area contributed by atoms with E-state index in [4.69, 9.17) is 10.5 Å². The van der Waals surface area contributed by atoms with E-state index in [9.17, 15) is 9.18 Å². The van der Waals surface area contributed by atoms with Gasteiger partial charge in [-0.1, -0.05) is 12.1 Å². The third kappa shape index (κ3) is 3.26. The minimum atomic E-state index is -0.321. The Balaban J connectivity index is 2.14. The van der Waals surface area contributed by atoms with Crippen LogP contribution in [0.2, 0.25) is 0 Å². The average molecular weight is 274 g/mol. The van der Waals surface area contributed by atoms with Crippen molar-refractivity contribution in [1.29, 1.82) is 0 Å². The first-order valence-electron chi connectivity index (χ1n) is 6.09. The van der Waals surface area contributed by atoms with Gasteiger partial charge in [0.2, 0.25) is 0 Å². The number of nitrogens with two attached hydrogens (primary N) is 1. The van der Waals surface area contributed by atoms with Gasteiger partial charge in [-0.25, -0.2) is 4.39 Å². The molecule has 0 aliphatic heterocycles. The molecule has 0 heterocycles. The van der Waals surface area contributed by atoms with Crippen molar-refractivity contribution in [1.82, 2.24) is 5.32 Å². The van der Waals surface area contributed by atoms with Crippen LogP contribution in [-0.2, 0) is 6.61 Å². The summed E-state index contributed by atoms with van der Waals surface area (Å²) >= 11 is 0. The van der Waals surface area contributed by atoms with Gasteiger partial charge in [-0.3, -0.25) is 4.79 Å². The third-order valence-corrected chi connectivity index (χ3v) is 2.79. The van der Waals surface area contributed by atoms with E-state index in [-0.39, 0.29) is 18.3 Å². The summed E-state index contributed by atoms with van der Waals surface area (Å²) in [5, 5.41) is 2.52. The highest BCUT2D eigenvalue weighted by Gasteiger charge is 2.08. The number of hydrogen-bond acceptors (Lipinski definition) is 3. The summed E-state index contributed by atoms with van der Waals surface area (Å²) in [5.41, 5.74) is 7.36. The van der Waals surface area contributed by atoms with Crippen molar-refractivity contribution in [3.05, 3.63) is 59.4 Å². The molecule has 3 N–H and O–H groups in total. The smallest absolute Gasteiger partial charge is 0.251 e. The Morgan fingerprint density at radius 3 is 2.80 bits per heavy atom. The van der Waals surface area contributed by atoms with E-state index < -0.39 is 0 Å². The second kappa shape index (κ2) is 6.06. The van der Waals surface area contributed by atoms with Crippen LogP contribution in [0.25, 0.3) is 0 Å². The van der Waals surface area contributed by atoms with Crippen LogP contribution in [0.4, 0.5) is 10.1 Å². The van der Waals surface area contributed by atoms with Gasteiger partial charge in [-0.2, -0.15) is 0 Å². The minimum Gasteiger partial charge on any atom is -0.487 e. The Kier molecular flexibility index (Phi) is 4.20. The van der Waals surface area contributed by atoms with E-state index in [1.165, 1.54) is 12.1 Å². The summed E-state index contributed by atoms with van der Waals surface area (Å²) in [4.78, 5) is 11.5. The number of rotatable bonds is 4. The van der Waals surface area contributed by atoms with Crippen molar-refractivity contribution >= 4 is 11.6 Å². The average Bonchev–Trinajstić information content (AvgIpc) is 2.45. The molecule has 4 nitrogen and oxygen atoms in total. The lowest BCUT2D eigenvalue weighted by atomic mass is 10.1. The van der Waals surface area contributed by atoms with E-state index >= 15 is 0 Å². The van der Waals surface area contributed by atoms with Gasteiger partial charge in [0, 0.05) is 12.6 Å². The molecule has 0 fully saturated rings. The summed E-state index contributed by atoms with van der Waals surface area (Å²) in [7, 11) is 1.55. The highest BCUT2D eigenvalue weighted by atomic mass is 19.1. The number of nitrogen functional groups attached to an aromatic ring is 1. The van der Waals surface area contributed by atoms with Crippen LogP contribution in [0.15, 0.2) is 42.5 Å². The number of carbonyl (C=O) groups excluding carboxylic acids is 1. The van der Waals surface area contributed by atoms with E-state index in [0.717, 1.165) is 0 Å². The number of halogens is 1. The molecule has 0 aliphatic carbocycles. The number of ether oxygens (including phenoxy) is 1. The first kappa shape index (κ1) is 13.9. The predicted molar refractivity (Wildman–Crippen MR) is 75.0 cm³/mol. The first-order valence-corrected chi connectivity index (χ1v) is 6.09. The zero-order valence-electron chi connectivity index (χ0n) is 11.0. The van der Waals surface area contributed by atoms with Crippen molar-refractivity contribution in [2.45, 2.75) is 6.61 Å². The topological polar surface area (TPSA) is 64.4 Å². The fraction of sp³-hybridized carbons (Fsp3) is 0.133. The van der Waals surface area contributed by atoms with Crippen molar-refractivity contribution in [2.24, 2.45) is 0 Å². The van der Waals surface area contributed by atoms with Crippen molar-refractivity contribution in [2.75, 3.05) is 12.8 Å². The molecule has 0 spiro atoms. The number of benzene rings is 2. The molecule has 104 valence electrons. The minimum absolute atomic E-state index is 0.180. The molecule has 0 saturated carbocycles. The van der Waals surface area contributed by atoms with Crippen LogP contribution in [0.5, 0.6) is 5.75 Å². The summed E-state index contributed by atoms with van der Waals surface area (Å²) in [6.45, 7) is 0.180. The molecule has 0 saturated heterocycles. The summed E-state index contributed by atoms with van der Waals surface area (Å²) in [6.07, 6.45) is 0. The van der Waals surface area contributed by atoms with Crippen molar-refractivity contribution < 1.29 is 13.9 Å². The van der Waals surface area contributed by atoms with E-state index in [1.807, 2.05) is 0 Å². The van der Waals surface area contributed by atoms with Crippen LogP contribution >= 0.6 is 0 Å². The first-order chi connectivity index (χ1) is 9.60. The second-order valence-corrected chi connectivity index (χ2v) is 4.25. The fourth-order valence-electron chi connectivity index (χ4n) is 1.73. The lowest BCUT2D eigenvalue weighted by Gasteiger charge is -2.10. The van der Waals surface area contributed by atoms with Crippen molar-refractivity contribution in [3.63, 3.8) is 0 Å². The Bertz CT molecular complexity index is 629. The van der Waals surface area contributed by atoms with Gasteiger partial charge in [0.1, 0.15) is 18.2 Å². The Morgan fingerprint density at radius 2 is 2.10 bits per heavy atom. The molecule has 0 atom stereocenters. The molecule has 0 bridgehead atoms.